The van der Waals surface area contributed by atoms with Crippen molar-refractivity contribution in [3.05, 3.63) is 35.4 Å². The molecule has 1 heterocycles. The Morgan fingerprint density at radius 2 is 2.17 bits per heavy atom. The quantitative estimate of drug-likeness (QED) is 0.619. The first-order valence-electron chi connectivity index (χ1n) is 7.20. The number of alkyl halides is 3. The molecule has 0 radical (unpaired) electrons. The average Bonchev–Trinajstić information content (AvgIpc) is 2.97. The largest absolute Gasteiger partial charge is 0.434 e. The number of carbonyl (C=O) groups excluding carboxylic acids is 2. The summed E-state index contributed by atoms with van der Waals surface area (Å²) in [5, 5.41) is 3.17. The molecule has 0 bridgehead atoms. The summed E-state index contributed by atoms with van der Waals surface area (Å²) in [7, 11) is 0. The van der Waals surface area contributed by atoms with Gasteiger partial charge in [-0.3, -0.25) is 9.59 Å². The molecule has 0 spiro atoms. The zero-order valence-electron chi connectivity index (χ0n) is 12.7. The fourth-order valence-corrected chi connectivity index (χ4v) is 2.70. The number of hydrogen-bond donors (Lipinski definition) is 1. The van der Waals surface area contributed by atoms with E-state index in [1.165, 1.54) is 24.3 Å². The summed E-state index contributed by atoms with van der Waals surface area (Å²) in [6.07, 6.45) is 2.25. The highest BCUT2D eigenvalue weighted by atomic mass is 32.1. The number of ether oxygens (including phenoxy) is 1. The molecule has 1 N–H and O–H groups in total. The van der Waals surface area contributed by atoms with Crippen LogP contribution in [0.4, 0.5) is 18.3 Å². The molecule has 1 aliphatic rings. The zero-order chi connectivity index (χ0) is 17.8. The molecule has 2 rings (SSSR count). The number of anilines is 1. The summed E-state index contributed by atoms with van der Waals surface area (Å²) in [5.41, 5.74) is -2.95. The van der Waals surface area contributed by atoms with Gasteiger partial charge in [0.05, 0.1) is 0 Å². The SMILES string of the molecule is CCCCC(=O)O[C@]1(Nc2nc(C(F)(F)F)cs2)C=CC=CC1=O. The van der Waals surface area contributed by atoms with Crippen molar-refractivity contribution in [1.82, 2.24) is 4.98 Å². The Morgan fingerprint density at radius 1 is 1.42 bits per heavy atom. The average molecular weight is 360 g/mol. The lowest BCUT2D eigenvalue weighted by atomic mass is 10.0. The van der Waals surface area contributed by atoms with Crippen LogP contribution in [0.1, 0.15) is 31.9 Å². The summed E-state index contributed by atoms with van der Waals surface area (Å²) < 4.78 is 43.2. The Labute approximate surface area is 140 Å². The van der Waals surface area contributed by atoms with E-state index in [2.05, 4.69) is 10.3 Å². The van der Waals surface area contributed by atoms with Gasteiger partial charge in [0.25, 0.3) is 5.72 Å². The van der Waals surface area contributed by atoms with Crippen molar-refractivity contribution in [2.45, 2.75) is 38.1 Å². The first-order chi connectivity index (χ1) is 11.3. The number of aromatic nitrogens is 1. The van der Waals surface area contributed by atoms with E-state index >= 15 is 0 Å². The van der Waals surface area contributed by atoms with Crippen LogP contribution in [0.2, 0.25) is 0 Å². The van der Waals surface area contributed by atoms with Gasteiger partial charge < -0.3 is 10.1 Å². The molecule has 24 heavy (non-hydrogen) atoms. The Kier molecular flexibility index (Phi) is 5.43. The molecule has 1 aliphatic carbocycles. The van der Waals surface area contributed by atoms with Crippen molar-refractivity contribution < 1.29 is 27.5 Å². The Hall–Kier alpha value is -2.16. The minimum absolute atomic E-state index is 0.108. The molecule has 130 valence electrons. The van der Waals surface area contributed by atoms with E-state index < -0.39 is 29.3 Å². The van der Waals surface area contributed by atoms with Crippen LogP contribution in [0, 0.1) is 0 Å². The summed E-state index contributed by atoms with van der Waals surface area (Å²) in [5.74, 6) is -1.22. The third-order valence-electron chi connectivity index (χ3n) is 3.15. The van der Waals surface area contributed by atoms with Crippen molar-refractivity contribution in [2.24, 2.45) is 0 Å². The molecule has 0 saturated carbocycles. The van der Waals surface area contributed by atoms with E-state index in [0.29, 0.717) is 17.8 Å². The molecule has 0 amide bonds. The van der Waals surface area contributed by atoms with Gasteiger partial charge in [-0.05, 0) is 18.6 Å². The highest BCUT2D eigenvalue weighted by Crippen LogP contribution is 2.33. The van der Waals surface area contributed by atoms with E-state index in [4.69, 9.17) is 4.74 Å². The summed E-state index contributed by atoms with van der Waals surface area (Å²) in [6.45, 7) is 1.89. The van der Waals surface area contributed by atoms with Crippen LogP contribution in [0.15, 0.2) is 29.7 Å². The van der Waals surface area contributed by atoms with Gasteiger partial charge >= 0.3 is 12.1 Å². The maximum Gasteiger partial charge on any atom is 0.434 e. The summed E-state index contributed by atoms with van der Waals surface area (Å²) >= 11 is 0.672. The predicted octanol–water partition coefficient (Wildman–Crippen LogP) is 3.70. The predicted molar refractivity (Wildman–Crippen MR) is 82.4 cm³/mol. The van der Waals surface area contributed by atoms with Crippen LogP contribution in [0.5, 0.6) is 0 Å². The van der Waals surface area contributed by atoms with Crippen molar-refractivity contribution in [2.75, 3.05) is 5.32 Å². The molecule has 9 heteroatoms. The molecule has 0 aliphatic heterocycles. The van der Waals surface area contributed by atoms with Gasteiger partial charge in [0, 0.05) is 11.8 Å². The number of nitrogens with zero attached hydrogens (tertiary/aromatic N) is 1. The van der Waals surface area contributed by atoms with Crippen LogP contribution >= 0.6 is 11.3 Å². The Bertz CT molecular complexity index is 682. The number of allylic oxidation sites excluding steroid dienone is 2. The van der Waals surface area contributed by atoms with E-state index in [1.807, 2.05) is 6.92 Å². The molecule has 1 atom stereocenters. The van der Waals surface area contributed by atoms with Crippen LogP contribution in [0.3, 0.4) is 0 Å². The normalized spacial score (nSPS) is 20.2. The van der Waals surface area contributed by atoms with Gasteiger partial charge in [-0.1, -0.05) is 25.5 Å². The second-order valence-corrected chi connectivity index (χ2v) is 5.91. The van der Waals surface area contributed by atoms with Gasteiger partial charge in [0.2, 0.25) is 5.78 Å². The molecular weight excluding hydrogens is 345 g/mol. The van der Waals surface area contributed by atoms with E-state index in [-0.39, 0.29) is 11.6 Å². The number of unbranched alkanes of at least 4 members (excludes halogenated alkanes) is 1. The van der Waals surface area contributed by atoms with Crippen molar-refractivity contribution in [3.63, 3.8) is 0 Å². The molecule has 1 aromatic rings. The summed E-state index contributed by atoms with van der Waals surface area (Å²) in [4.78, 5) is 27.5. The number of esters is 1. The standard InChI is InChI=1S/C15H15F3N2O3S/c1-2-3-7-12(22)23-14(8-5-4-6-11(14)21)20-13-19-10(9-24-13)15(16,17)18/h4-6,8-9H,2-3,7H2,1H3,(H,19,20)/t14-/m1/s1. The molecule has 1 aromatic heterocycles. The van der Waals surface area contributed by atoms with Crippen LogP contribution in [-0.2, 0) is 20.5 Å². The first kappa shape index (κ1) is 18.2. The van der Waals surface area contributed by atoms with Crippen LogP contribution in [-0.4, -0.2) is 22.5 Å². The zero-order valence-corrected chi connectivity index (χ0v) is 13.5. The maximum absolute atomic E-state index is 12.6. The van der Waals surface area contributed by atoms with E-state index in [1.54, 1.807) is 0 Å². The third kappa shape index (κ3) is 4.22. The fraction of sp³-hybridized carbons (Fsp3) is 0.400. The highest BCUT2D eigenvalue weighted by Gasteiger charge is 2.41. The number of ketones is 1. The van der Waals surface area contributed by atoms with Gasteiger partial charge in [0.15, 0.2) is 10.8 Å². The van der Waals surface area contributed by atoms with Gasteiger partial charge in [-0.25, -0.2) is 4.98 Å². The number of hydrogen-bond acceptors (Lipinski definition) is 6. The van der Waals surface area contributed by atoms with Crippen molar-refractivity contribution in [1.29, 1.82) is 0 Å². The molecule has 5 nitrogen and oxygen atoms in total. The highest BCUT2D eigenvalue weighted by molar-refractivity contribution is 7.13. The molecule has 0 saturated heterocycles. The fourth-order valence-electron chi connectivity index (χ4n) is 1.92. The number of nitrogens with one attached hydrogen (secondary N) is 1. The van der Waals surface area contributed by atoms with E-state index in [0.717, 1.165) is 11.8 Å². The third-order valence-corrected chi connectivity index (χ3v) is 3.91. The second kappa shape index (κ2) is 7.16. The van der Waals surface area contributed by atoms with Crippen LogP contribution < -0.4 is 5.32 Å². The minimum atomic E-state index is -4.59. The minimum Gasteiger partial charge on any atom is -0.427 e. The van der Waals surface area contributed by atoms with Gasteiger partial charge in [0.1, 0.15) is 0 Å². The number of carbonyl (C=O) groups is 2. The summed E-state index contributed by atoms with van der Waals surface area (Å²) in [6, 6.07) is 0. The van der Waals surface area contributed by atoms with Gasteiger partial charge in [-0.2, -0.15) is 13.2 Å². The lowest BCUT2D eigenvalue weighted by molar-refractivity contribution is -0.158. The van der Waals surface area contributed by atoms with Crippen LogP contribution in [0.25, 0.3) is 0 Å². The molecule has 0 aromatic carbocycles. The topological polar surface area (TPSA) is 68.3 Å². The smallest absolute Gasteiger partial charge is 0.427 e. The van der Waals surface area contributed by atoms with Gasteiger partial charge in [-0.15, -0.1) is 11.3 Å². The second-order valence-electron chi connectivity index (χ2n) is 5.06. The molecular formula is C15H15F3N2O3S. The number of thiazole rings is 1. The first-order valence-corrected chi connectivity index (χ1v) is 8.08. The Balaban J connectivity index is 2.22. The number of halogens is 3. The lowest BCUT2D eigenvalue weighted by Gasteiger charge is -2.30. The van der Waals surface area contributed by atoms with Crippen molar-refractivity contribution >= 4 is 28.2 Å². The Morgan fingerprint density at radius 3 is 2.75 bits per heavy atom. The molecule has 0 unspecified atom stereocenters. The van der Waals surface area contributed by atoms with Crippen molar-refractivity contribution in [3.8, 4) is 0 Å². The van der Waals surface area contributed by atoms with E-state index in [9.17, 15) is 22.8 Å². The molecule has 0 fully saturated rings. The monoisotopic (exact) mass is 360 g/mol. The number of rotatable bonds is 6. The maximum atomic E-state index is 12.6. The lowest BCUT2D eigenvalue weighted by Crippen LogP contribution is -2.48.